The van der Waals surface area contributed by atoms with Crippen LogP contribution in [0.15, 0.2) is 0 Å². The summed E-state index contributed by atoms with van der Waals surface area (Å²) in [5.41, 5.74) is -0.0424. The number of hydrogen-bond acceptors (Lipinski definition) is 3. The van der Waals surface area contributed by atoms with Gasteiger partial charge in [-0.1, -0.05) is 6.42 Å². The fourth-order valence-corrected chi connectivity index (χ4v) is 4.90. The molecular weight excluding hydrogens is 186 g/mol. The van der Waals surface area contributed by atoms with Crippen LogP contribution in [0.3, 0.4) is 0 Å². The Morgan fingerprint density at radius 3 is 2.46 bits per heavy atom. The Balaban J connectivity index is 2.22. The molecule has 1 saturated heterocycles. The fraction of sp³-hybridized carbons (Fsp3) is 1.00. The molecule has 1 atom stereocenters. The molecule has 1 aliphatic carbocycles. The van der Waals surface area contributed by atoms with E-state index in [1.807, 2.05) is 7.05 Å². The summed E-state index contributed by atoms with van der Waals surface area (Å²) in [6.45, 7) is 0. The molecule has 1 unspecified atom stereocenters. The second kappa shape index (κ2) is 2.95. The van der Waals surface area contributed by atoms with Crippen LogP contribution in [0.2, 0.25) is 0 Å². The maximum Gasteiger partial charge on any atom is 0.154 e. The lowest BCUT2D eigenvalue weighted by Crippen LogP contribution is -2.47. The van der Waals surface area contributed by atoms with Gasteiger partial charge in [-0.05, 0) is 32.7 Å². The predicted molar refractivity (Wildman–Crippen MR) is 52.5 cm³/mol. The monoisotopic (exact) mass is 203 g/mol. The lowest BCUT2D eigenvalue weighted by atomic mass is 10.1. The molecule has 3 nitrogen and oxygen atoms in total. The van der Waals surface area contributed by atoms with Crippen LogP contribution < -0.4 is 5.32 Å². The number of hydrogen-bond donors (Lipinski definition) is 1. The van der Waals surface area contributed by atoms with Gasteiger partial charge in [0.15, 0.2) is 9.84 Å². The molecule has 1 N–H and O–H groups in total. The van der Waals surface area contributed by atoms with Gasteiger partial charge in [0.2, 0.25) is 0 Å². The van der Waals surface area contributed by atoms with Crippen LogP contribution in [0.25, 0.3) is 0 Å². The molecule has 0 radical (unpaired) electrons. The zero-order chi connectivity index (χ0) is 9.53. The average molecular weight is 203 g/mol. The van der Waals surface area contributed by atoms with E-state index >= 15 is 0 Å². The van der Waals surface area contributed by atoms with Crippen LogP contribution in [0.5, 0.6) is 0 Å². The van der Waals surface area contributed by atoms with E-state index in [2.05, 4.69) is 5.32 Å². The van der Waals surface area contributed by atoms with Crippen LogP contribution in [0, 0.1) is 0 Å². The highest BCUT2D eigenvalue weighted by atomic mass is 32.2. The van der Waals surface area contributed by atoms with E-state index < -0.39 is 9.84 Å². The van der Waals surface area contributed by atoms with Gasteiger partial charge in [0.25, 0.3) is 0 Å². The zero-order valence-corrected chi connectivity index (χ0v) is 8.86. The molecular formula is C9H17NO2S. The summed E-state index contributed by atoms with van der Waals surface area (Å²) >= 11 is 0. The zero-order valence-electron chi connectivity index (χ0n) is 8.04. The van der Waals surface area contributed by atoms with Crippen molar-refractivity contribution in [3.05, 3.63) is 0 Å². The van der Waals surface area contributed by atoms with Gasteiger partial charge in [0.05, 0.1) is 11.0 Å². The highest BCUT2D eigenvalue weighted by Gasteiger charge is 2.53. The van der Waals surface area contributed by atoms with E-state index in [-0.39, 0.29) is 10.8 Å². The first kappa shape index (κ1) is 9.46. The quantitative estimate of drug-likeness (QED) is 0.719. The van der Waals surface area contributed by atoms with Gasteiger partial charge >= 0.3 is 0 Å². The maximum atomic E-state index is 11.8. The smallest absolute Gasteiger partial charge is 0.154 e. The van der Waals surface area contributed by atoms with Crippen molar-refractivity contribution < 1.29 is 8.42 Å². The van der Waals surface area contributed by atoms with Gasteiger partial charge < -0.3 is 5.32 Å². The molecule has 13 heavy (non-hydrogen) atoms. The number of sulfone groups is 1. The van der Waals surface area contributed by atoms with Crippen LogP contribution in [0.1, 0.15) is 32.1 Å². The highest BCUT2D eigenvalue weighted by Crippen LogP contribution is 2.44. The molecule has 4 heteroatoms. The molecule has 2 rings (SSSR count). The molecule has 1 aliphatic heterocycles. The van der Waals surface area contributed by atoms with E-state index in [1.165, 1.54) is 0 Å². The highest BCUT2D eigenvalue weighted by molar-refractivity contribution is 7.92. The van der Waals surface area contributed by atoms with Gasteiger partial charge in [0, 0.05) is 5.54 Å². The second-order valence-electron chi connectivity index (χ2n) is 4.26. The molecule has 2 aliphatic rings. The van der Waals surface area contributed by atoms with Gasteiger partial charge in [-0.25, -0.2) is 8.42 Å². The lowest BCUT2D eigenvalue weighted by molar-refractivity contribution is 0.446. The van der Waals surface area contributed by atoms with E-state index in [0.29, 0.717) is 5.75 Å². The summed E-state index contributed by atoms with van der Waals surface area (Å²) in [6, 6.07) is 0. The molecule has 0 aromatic rings. The minimum atomic E-state index is -2.79. The Morgan fingerprint density at radius 2 is 2.00 bits per heavy atom. The summed E-state index contributed by atoms with van der Waals surface area (Å²) in [6.07, 6.45) is 4.87. The number of nitrogens with one attached hydrogen (secondary N) is 1. The fourth-order valence-electron chi connectivity index (χ4n) is 2.44. The van der Waals surface area contributed by atoms with Gasteiger partial charge in [-0.15, -0.1) is 0 Å². The van der Waals surface area contributed by atoms with Crippen LogP contribution >= 0.6 is 0 Å². The minimum Gasteiger partial charge on any atom is -0.313 e. The molecule has 0 amide bonds. The molecule has 0 spiro atoms. The topological polar surface area (TPSA) is 46.2 Å². The summed E-state index contributed by atoms with van der Waals surface area (Å²) in [5.74, 6) is 0.404. The SMILES string of the molecule is CNC1(C2CCCCS2(=O)=O)CC1. The van der Waals surface area contributed by atoms with Crippen molar-refractivity contribution in [2.24, 2.45) is 0 Å². The summed E-state index contributed by atoms with van der Waals surface area (Å²) < 4.78 is 23.6. The van der Waals surface area contributed by atoms with Crippen molar-refractivity contribution in [2.45, 2.75) is 42.9 Å². The average Bonchev–Trinajstić information content (AvgIpc) is 2.84. The minimum absolute atomic E-state index is 0.0424. The Kier molecular flexibility index (Phi) is 2.15. The Labute approximate surface area is 79.8 Å². The van der Waals surface area contributed by atoms with Crippen molar-refractivity contribution in [1.29, 1.82) is 0 Å². The third-order valence-electron chi connectivity index (χ3n) is 3.48. The van der Waals surface area contributed by atoms with Crippen molar-refractivity contribution in [2.75, 3.05) is 12.8 Å². The largest absolute Gasteiger partial charge is 0.313 e. The van der Waals surface area contributed by atoms with Gasteiger partial charge in [0.1, 0.15) is 0 Å². The molecule has 0 aromatic carbocycles. The van der Waals surface area contributed by atoms with Crippen LogP contribution in [-0.4, -0.2) is 32.0 Å². The summed E-state index contributed by atoms with van der Waals surface area (Å²) in [4.78, 5) is 0. The Hall–Kier alpha value is -0.0900. The molecule has 0 bridgehead atoms. The summed E-state index contributed by atoms with van der Waals surface area (Å²) in [5, 5.41) is 3.10. The van der Waals surface area contributed by atoms with E-state index in [9.17, 15) is 8.42 Å². The molecule has 0 aromatic heterocycles. The third kappa shape index (κ3) is 1.50. The molecule has 76 valence electrons. The van der Waals surface area contributed by atoms with Crippen LogP contribution in [-0.2, 0) is 9.84 Å². The van der Waals surface area contributed by atoms with E-state index in [4.69, 9.17) is 0 Å². The normalized spacial score (nSPS) is 35.6. The Bertz CT molecular complexity index is 293. The van der Waals surface area contributed by atoms with E-state index in [1.54, 1.807) is 0 Å². The Morgan fingerprint density at radius 1 is 1.31 bits per heavy atom. The third-order valence-corrected chi connectivity index (χ3v) is 5.89. The van der Waals surface area contributed by atoms with Gasteiger partial charge in [-0.3, -0.25) is 0 Å². The predicted octanol–water partition coefficient (Wildman–Crippen LogP) is 0.706. The maximum absolute atomic E-state index is 11.8. The first-order valence-electron chi connectivity index (χ1n) is 5.01. The van der Waals surface area contributed by atoms with Crippen molar-refractivity contribution in [3.8, 4) is 0 Å². The van der Waals surface area contributed by atoms with Gasteiger partial charge in [-0.2, -0.15) is 0 Å². The van der Waals surface area contributed by atoms with Crippen LogP contribution in [0.4, 0.5) is 0 Å². The van der Waals surface area contributed by atoms with E-state index in [0.717, 1.165) is 32.1 Å². The lowest BCUT2D eigenvalue weighted by Gasteiger charge is -2.29. The second-order valence-corrected chi connectivity index (χ2v) is 6.56. The number of rotatable bonds is 2. The first-order chi connectivity index (χ1) is 6.11. The standard InChI is InChI=1S/C9H17NO2S/c1-10-9(5-6-9)8-4-2-3-7-13(8,11)12/h8,10H,2-7H2,1H3. The van der Waals surface area contributed by atoms with Crippen molar-refractivity contribution in [3.63, 3.8) is 0 Å². The molecule has 1 heterocycles. The molecule has 1 saturated carbocycles. The first-order valence-corrected chi connectivity index (χ1v) is 6.73. The summed E-state index contributed by atoms with van der Waals surface area (Å²) in [7, 11) is -0.907. The van der Waals surface area contributed by atoms with Crippen molar-refractivity contribution >= 4 is 9.84 Å². The molecule has 2 fully saturated rings. The van der Waals surface area contributed by atoms with Crippen molar-refractivity contribution in [1.82, 2.24) is 5.32 Å².